The number of aromatic hydroxyl groups is 1. The minimum absolute atomic E-state index is 0.0377. The van der Waals surface area contributed by atoms with Gasteiger partial charge in [0.15, 0.2) is 6.04 Å². The van der Waals surface area contributed by atoms with Crippen molar-refractivity contribution in [3.8, 4) is 5.75 Å². The highest BCUT2D eigenvalue weighted by molar-refractivity contribution is 5.82. The van der Waals surface area contributed by atoms with Gasteiger partial charge in [0.25, 0.3) is 0 Å². The molecule has 1 unspecified atom stereocenters. The third-order valence-electron chi connectivity index (χ3n) is 3.72. The van der Waals surface area contributed by atoms with E-state index in [4.69, 9.17) is 4.74 Å². The summed E-state index contributed by atoms with van der Waals surface area (Å²) in [6, 6.07) is 13.4. The highest BCUT2D eigenvalue weighted by Gasteiger charge is 2.35. The number of nitrogens with zero attached hydrogens (tertiary/aromatic N) is 1. The molecule has 6 heteroatoms. The van der Waals surface area contributed by atoms with Crippen LogP contribution in [-0.4, -0.2) is 33.2 Å². The zero-order valence-electron chi connectivity index (χ0n) is 14.1. The number of hydrogen-bond donors (Lipinski definition) is 2. The molecule has 0 bridgehead atoms. The van der Waals surface area contributed by atoms with E-state index in [2.05, 4.69) is 0 Å². The normalized spacial score (nSPS) is 11.8. The molecule has 132 valence electrons. The Balaban J connectivity index is 2.26. The van der Waals surface area contributed by atoms with E-state index in [1.807, 2.05) is 30.3 Å². The first-order valence-electron chi connectivity index (χ1n) is 7.91. The standard InChI is InChI=1S/C19H21NO5/c1-13(2)20(19(24)25-12-14-8-4-3-5-9-14)17(18(22)23)15-10-6-7-11-16(15)21/h3-11,13,17,21H,12H2,1-2H3,(H,22,23). The van der Waals surface area contributed by atoms with Crippen LogP contribution < -0.4 is 0 Å². The van der Waals surface area contributed by atoms with Gasteiger partial charge in [-0.1, -0.05) is 48.5 Å². The predicted molar refractivity (Wildman–Crippen MR) is 92.1 cm³/mol. The zero-order valence-corrected chi connectivity index (χ0v) is 14.1. The second-order valence-corrected chi connectivity index (χ2v) is 5.84. The molecule has 0 aliphatic heterocycles. The van der Waals surface area contributed by atoms with Gasteiger partial charge in [0, 0.05) is 11.6 Å². The van der Waals surface area contributed by atoms with Crippen molar-refractivity contribution >= 4 is 12.1 Å². The van der Waals surface area contributed by atoms with Crippen molar-refractivity contribution in [1.82, 2.24) is 4.90 Å². The van der Waals surface area contributed by atoms with Gasteiger partial charge >= 0.3 is 12.1 Å². The number of aliphatic carboxylic acids is 1. The topological polar surface area (TPSA) is 87.1 Å². The number of para-hydroxylation sites is 1. The maximum absolute atomic E-state index is 12.5. The maximum atomic E-state index is 12.5. The van der Waals surface area contributed by atoms with Crippen LogP contribution in [0.5, 0.6) is 5.75 Å². The molecule has 1 atom stereocenters. The Morgan fingerprint density at radius 3 is 2.20 bits per heavy atom. The highest BCUT2D eigenvalue weighted by atomic mass is 16.6. The number of carbonyl (C=O) groups is 2. The van der Waals surface area contributed by atoms with Crippen molar-refractivity contribution in [1.29, 1.82) is 0 Å². The van der Waals surface area contributed by atoms with Crippen molar-refractivity contribution < 1.29 is 24.5 Å². The Kier molecular flexibility index (Phi) is 6.00. The summed E-state index contributed by atoms with van der Waals surface area (Å²) < 4.78 is 5.29. The third kappa shape index (κ3) is 4.50. The predicted octanol–water partition coefficient (Wildman–Crippen LogP) is 3.57. The van der Waals surface area contributed by atoms with Crippen LogP contribution in [0.4, 0.5) is 4.79 Å². The molecule has 25 heavy (non-hydrogen) atoms. The molecule has 2 rings (SSSR count). The molecule has 0 radical (unpaired) electrons. The summed E-state index contributed by atoms with van der Waals surface area (Å²) in [6.07, 6.45) is -0.755. The minimum atomic E-state index is -1.34. The Morgan fingerprint density at radius 1 is 1.04 bits per heavy atom. The Labute approximate surface area is 146 Å². The van der Waals surface area contributed by atoms with E-state index in [9.17, 15) is 19.8 Å². The summed E-state index contributed by atoms with van der Waals surface area (Å²) >= 11 is 0. The fourth-order valence-corrected chi connectivity index (χ4v) is 2.53. The first kappa shape index (κ1) is 18.3. The molecule has 0 aliphatic rings. The van der Waals surface area contributed by atoms with Gasteiger partial charge in [0.05, 0.1) is 0 Å². The SMILES string of the molecule is CC(C)N(C(=O)OCc1ccccc1)C(C(=O)O)c1ccccc1O. The lowest BCUT2D eigenvalue weighted by Crippen LogP contribution is -2.43. The molecule has 1 amide bonds. The van der Waals surface area contributed by atoms with Crippen LogP contribution in [0, 0.1) is 0 Å². The molecule has 6 nitrogen and oxygen atoms in total. The summed E-state index contributed by atoms with van der Waals surface area (Å²) in [4.78, 5) is 25.5. The molecule has 0 saturated carbocycles. The smallest absolute Gasteiger partial charge is 0.411 e. The summed E-state index contributed by atoms with van der Waals surface area (Å²) in [5.74, 6) is -1.43. The molecule has 0 heterocycles. The molecular formula is C19H21NO5. The maximum Gasteiger partial charge on any atom is 0.411 e. The average Bonchev–Trinajstić information content (AvgIpc) is 2.58. The zero-order chi connectivity index (χ0) is 18.4. The van der Waals surface area contributed by atoms with Gasteiger partial charge in [0.1, 0.15) is 12.4 Å². The van der Waals surface area contributed by atoms with E-state index in [0.29, 0.717) is 0 Å². The Hall–Kier alpha value is -3.02. The van der Waals surface area contributed by atoms with Gasteiger partial charge in [-0.3, -0.25) is 4.90 Å². The number of carboxylic acids is 1. The molecule has 2 aromatic rings. The van der Waals surface area contributed by atoms with Gasteiger partial charge in [0.2, 0.25) is 0 Å². The second kappa shape index (κ2) is 8.19. The van der Waals surface area contributed by atoms with E-state index >= 15 is 0 Å². The lowest BCUT2D eigenvalue weighted by atomic mass is 10.0. The van der Waals surface area contributed by atoms with Crippen molar-refractivity contribution in [3.63, 3.8) is 0 Å². The van der Waals surface area contributed by atoms with Gasteiger partial charge in [-0.05, 0) is 25.5 Å². The number of ether oxygens (including phenoxy) is 1. The van der Waals surface area contributed by atoms with Gasteiger partial charge in [-0.25, -0.2) is 9.59 Å². The van der Waals surface area contributed by atoms with Crippen molar-refractivity contribution in [3.05, 3.63) is 65.7 Å². The van der Waals surface area contributed by atoms with Crippen LogP contribution in [0.1, 0.15) is 31.0 Å². The van der Waals surface area contributed by atoms with Crippen LogP contribution in [0.15, 0.2) is 54.6 Å². The number of amides is 1. The van der Waals surface area contributed by atoms with E-state index in [-0.39, 0.29) is 17.9 Å². The molecule has 0 aliphatic carbocycles. The third-order valence-corrected chi connectivity index (χ3v) is 3.72. The lowest BCUT2D eigenvalue weighted by molar-refractivity contribution is -0.143. The van der Waals surface area contributed by atoms with Crippen LogP contribution >= 0.6 is 0 Å². The Morgan fingerprint density at radius 2 is 1.64 bits per heavy atom. The first-order valence-corrected chi connectivity index (χ1v) is 7.91. The average molecular weight is 343 g/mol. The number of rotatable bonds is 6. The van der Waals surface area contributed by atoms with E-state index in [0.717, 1.165) is 10.5 Å². The Bertz CT molecular complexity index is 730. The fraction of sp³-hybridized carbons (Fsp3) is 0.263. The van der Waals surface area contributed by atoms with Gasteiger partial charge < -0.3 is 14.9 Å². The highest BCUT2D eigenvalue weighted by Crippen LogP contribution is 2.31. The molecular weight excluding hydrogens is 322 g/mol. The van der Waals surface area contributed by atoms with E-state index in [1.165, 1.54) is 12.1 Å². The summed E-state index contributed by atoms with van der Waals surface area (Å²) in [5.41, 5.74) is 0.939. The van der Waals surface area contributed by atoms with Crippen molar-refractivity contribution in [2.24, 2.45) is 0 Å². The van der Waals surface area contributed by atoms with E-state index < -0.39 is 24.1 Å². The molecule has 0 aromatic heterocycles. The quantitative estimate of drug-likeness (QED) is 0.837. The second-order valence-electron chi connectivity index (χ2n) is 5.84. The van der Waals surface area contributed by atoms with Crippen LogP contribution in [0.3, 0.4) is 0 Å². The summed E-state index contributed by atoms with van der Waals surface area (Å²) in [6.45, 7) is 3.43. The number of carboxylic acid groups (broad SMARTS) is 1. The monoisotopic (exact) mass is 343 g/mol. The largest absolute Gasteiger partial charge is 0.508 e. The molecule has 0 spiro atoms. The molecule has 2 N–H and O–H groups in total. The summed E-state index contributed by atoms with van der Waals surface area (Å²) in [7, 11) is 0. The molecule has 0 fully saturated rings. The molecule has 0 saturated heterocycles. The van der Waals surface area contributed by atoms with Crippen LogP contribution in [0.2, 0.25) is 0 Å². The van der Waals surface area contributed by atoms with Crippen LogP contribution in [-0.2, 0) is 16.1 Å². The van der Waals surface area contributed by atoms with Gasteiger partial charge in [-0.15, -0.1) is 0 Å². The van der Waals surface area contributed by atoms with Crippen LogP contribution in [0.25, 0.3) is 0 Å². The number of carbonyl (C=O) groups excluding carboxylic acids is 1. The number of phenolic OH excluding ortho intramolecular Hbond substituents is 1. The minimum Gasteiger partial charge on any atom is -0.508 e. The summed E-state index contributed by atoms with van der Waals surface area (Å²) in [5, 5.41) is 19.7. The number of phenols is 1. The van der Waals surface area contributed by atoms with Crippen molar-refractivity contribution in [2.45, 2.75) is 32.5 Å². The molecule has 2 aromatic carbocycles. The number of hydrogen-bond acceptors (Lipinski definition) is 4. The lowest BCUT2D eigenvalue weighted by Gasteiger charge is -2.32. The number of benzene rings is 2. The van der Waals surface area contributed by atoms with E-state index in [1.54, 1.807) is 26.0 Å². The first-order chi connectivity index (χ1) is 11.9. The fourth-order valence-electron chi connectivity index (χ4n) is 2.53. The van der Waals surface area contributed by atoms with Crippen molar-refractivity contribution in [2.75, 3.05) is 0 Å². The van der Waals surface area contributed by atoms with Gasteiger partial charge in [-0.2, -0.15) is 0 Å².